The minimum absolute atomic E-state index is 0.680. The molecule has 13 aromatic rings. The second-order valence-electron chi connectivity index (χ2n) is 16.6. The van der Waals surface area contributed by atoms with E-state index in [1.807, 2.05) is 6.07 Å². The van der Waals surface area contributed by atoms with Crippen LogP contribution in [0, 0.1) is 6.57 Å². The predicted molar refractivity (Wildman–Crippen MR) is 268 cm³/mol. The monoisotopic (exact) mass is 796 g/mol. The molecular formula is C61H36N2. The number of benzene rings is 12. The van der Waals surface area contributed by atoms with Gasteiger partial charge in [-0.15, -0.1) is 0 Å². The fraction of sp³-hybridized carbons (Fsp3) is 0. The summed E-state index contributed by atoms with van der Waals surface area (Å²) in [4.78, 5) is 3.94. The highest BCUT2D eigenvalue weighted by Gasteiger charge is 2.22. The van der Waals surface area contributed by atoms with Gasteiger partial charge in [-0.3, -0.25) is 0 Å². The van der Waals surface area contributed by atoms with Gasteiger partial charge in [0, 0.05) is 16.5 Å². The van der Waals surface area contributed by atoms with Crippen LogP contribution in [0.4, 0.5) is 5.69 Å². The highest BCUT2D eigenvalue weighted by molar-refractivity contribution is 6.29. The molecule has 0 radical (unpaired) electrons. The molecular weight excluding hydrogens is 761 g/mol. The maximum Gasteiger partial charge on any atom is 0.195 e. The van der Waals surface area contributed by atoms with E-state index in [9.17, 15) is 0 Å². The SMILES string of the molecule is [C-]#[N+]c1ccc2c3c1ccc1c(-c4cccc(-c5ccc6c(-c7cccc8ccccc78)c7ccccc7c(-c7cccc8ccccc78)c6c5)c4)ccc(c13)n2-c1ccccc1. The van der Waals surface area contributed by atoms with Crippen LogP contribution in [0.2, 0.25) is 0 Å². The van der Waals surface area contributed by atoms with Crippen molar-refractivity contribution in [3.63, 3.8) is 0 Å². The molecule has 0 atom stereocenters. The van der Waals surface area contributed by atoms with Crippen molar-refractivity contribution < 1.29 is 0 Å². The van der Waals surface area contributed by atoms with E-state index in [1.165, 1.54) is 87.2 Å². The normalized spacial score (nSPS) is 11.8. The second kappa shape index (κ2) is 13.8. The molecule has 0 aliphatic carbocycles. The Morgan fingerprint density at radius 2 is 0.825 bits per heavy atom. The van der Waals surface area contributed by atoms with Gasteiger partial charge in [-0.25, -0.2) is 4.85 Å². The molecule has 0 saturated carbocycles. The summed E-state index contributed by atoms with van der Waals surface area (Å²) >= 11 is 0. The molecule has 0 spiro atoms. The Kier molecular flexibility index (Phi) is 7.70. The van der Waals surface area contributed by atoms with Gasteiger partial charge in [0.2, 0.25) is 0 Å². The third-order valence-corrected chi connectivity index (χ3v) is 13.4. The molecule has 63 heavy (non-hydrogen) atoms. The summed E-state index contributed by atoms with van der Waals surface area (Å²) in [6.07, 6.45) is 0. The maximum atomic E-state index is 8.00. The van der Waals surface area contributed by atoms with Gasteiger partial charge >= 0.3 is 0 Å². The molecule has 0 aliphatic rings. The van der Waals surface area contributed by atoms with Crippen molar-refractivity contribution in [3.8, 4) is 50.2 Å². The number of hydrogen-bond acceptors (Lipinski definition) is 0. The summed E-state index contributed by atoms with van der Waals surface area (Å²) < 4.78 is 2.34. The van der Waals surface area contributed by atoms with Crippen molar-refractivity contribution >= 4 is 81.4 Å². The van der Waals surface area contributed by atoms with Crippen LogP contribution in [0.3, 0.4) is 0 Å². The Hall–Kier alpha value is -8.51. The zero-order chi connectivity index (χ0) is 41.6. The van der Waals surface area contributed by atoms with Gasteiger partial charge in [0.25, 0.3) is 0 Å². The van der Waals surface area contributed by atoms with Crippen LogP contribution >= 0.6 is 0 Å². The van der Waals surface area contributed by atoms with Crippen LogP contribution in [0.15, 0.2) is 218 Å². The van der Waals surface area contributed by atoms with Crippen molar-refractivity contribution in [2.24, 2.45) is 0 Å². The molecule has 0 saturated heterocycles. The average Bonchev–Trinajstić information content (AvgIpc) is 3.70. The number of rotatable bonds is 5. The smallest absolute Gasteiger partial charge is 0.195 e. The van der Waals surface area contributed by atoms with E-state index in [0.717, 1.165) is 38.6 Å². The molecule has 290 valence electrons. The third kappa shape index (κ3) is 5.24. The Bertz CT molecular complexity index is 4020. The lowest BCUT2D eigenvalue weighted by Gasteiger charge is -2.20. The van der Waals surface area contributed by atoms with E-state index in [1.54, 1.807) is 0 Å². The Labute approximate surface area is 364 Å². The van der Waals surface area contributed by atoms with E-state index < -0.39 is 0 Å². The lowest BCUT2D eigenvalue weighted by atomic mass is 9.82. The summed E-state index contributed by atoms with van der Waals surface area (Å²) in [5.74, 6) is 0. The molecule has 12 aromatic carbocycles. The molecule has 0 amide bonds. The van der Waals surface area contributed by atoms with Crippen LogP contribution in [-0.4, -0.2) is 4.57 Å². The summed E-state index contributed by atoms with van der Waals surface area (Å²) in [7, 11) is 0. The molecule has 1 aromatic heterocycles. The van der Waals surface area contributed by atoms with Crippen molar-refractivity contribution in [2.45, 2.75) is 0 Å². The summed E-state index contributed by atoms with van der Waals surface area (Å²) in [5, 5.41) is 14.4. The first-order valence-electron chi connectivity index (χ1n) is 21.5. The molecule has 0 fully saturated rings. The highest BCUT2D eigenvalue weighted by Crippen LogP contribution is 2.49. The topological polar surface area (TPSA) is 9.29 Å². The fourth-order valence-electron chi connectivity index (χ4n) is 10.6. The van der Waals surface area contributed by atoms with E-state index in [2.05, 4.69) is 222 Å². The van der Waals surface area contributed by atoms with Crippen LogP contribution < -0.4 is 0 Å². The molecule has 0 aliphatic heterocycles. The molecule has 0 N–H and O–H groups in total. The van der Waals surface area contributed by atoms with Crippen molar-refractivity contribution in [2.75, 3.05) is 0 Å². The van der Waals surface area contributed by atoms with Gasteiger partial charge in [-0.2, -0.15) is 0 Å². The Morgan fingerprint density at radius 1 is 0.317 bits per heavy atom. The molecule has 1 heterocycles. The number of aromatic nitrogens is 1. The highest BCUT2D eigenvalue weighted by atomic mass is 15.0. The first-order valence-corrected chi connectivity index (χ1v) is 21.5. The van der Waals surface area contributed by atoms with Crippen molar-refractivity contribution in [1.82, 2.24) is 4.57 Å². The van der Waals surface area contributed by atoms with E-state index in [-0.39, 0.29) is 0 Å². The zero-order valence-electron chi connectivity index (χ0n) is 34.2. The van der Waals surface area contributed by atoms with Crippen LogP contribution in [-0.2, 0) is 0 Å². The minimum atomic E-state index is 0.680. The standard InChI is InChI=1S/C61H36N2/c1-62-55-33-35-57-61-53(55)31-30-51-46(32-34-56(60(51)61)63(57)43-20-3-2-4-21-43)42-19-11-18-40(36-42)41-28-29-52-54(37-41)59(48-27-13-17-39-15-6-8-23-45(39)48)50-25-10-9-24-49(50)58(52)47-26-12-16-38-14-5-7-22-44(38)47/h2-37H. The largest absolute Gasteiger partial charge is 0.309 e. The predicted octanol–water partition coefficient (Wildman–Crippen LogP) is 17.2. The maximum absolute atomic E-state index is 8.00. The summed E-state index contributed by atoms with van der Waals surface area (Å²) in [5.41, 5.74) is 13.7. The van der Waals surface area contributed by atoms with Gasteiger partial charge in [-0.1, -0.05) is 182 Å². The Balaban J connectivity index is 1.06. The number of fused-ring (bicyclic) bond motifs is 4. The molecule has 0 unspecified atom stereocenters. The van der Waals surface area contributed by atoms with Gasteiger partial charge in [0.05, 0.1) is 17.6 Å². The van der Waals surface area contributed by atoms with Crippen molar-refractivity contribution in [3.05, 3.63) is 230 Å². The van der Waals surface area contributed by atoms with Crippen molar-refractivity contribution in [1.29, 1.82) is 0 Å². The zero-order valence-corrected chi connectivity index (χ0v) is 34.2. The second-order valence-corrected chi connectivity index (χ2v) is 16.6. The average molecular weight is 797 g/mol. The molecule has 2 nitrogen and oxygen atoms in total. The van der Waals surface area contributed by atoms with Gasteiger partial charge in [0.1, 0.15) is 0 Å². The molecule has 2 heteroatoms. The third-order valence-electron chi connectivity index (χ3n) is 13.4. The van der Waals surface area contributed by atoms with E-state index in [0.29, 0.717) is 5.69 Å². The lowest BCUT2D eigenvalue weighted by molar-refractivity contribution is 1.18. The van der Waals surface area contributed by atoms with Crippen LogP contribution in [0.5, 0.6) is 0 Å². The fourth-order valence-corrected chi connectivity index (χ4v) is 10.6. The molecule has 13 rings (SSSR count). The van der Waals surface area contributed by atoms with Gasteiger partial charge < -0.3 is 4.57 Å². The first kappa shape index (κ1) is 35.3. The number of nitrogens with zero attached hydrogens (tertiary/aromatic N) is 2. The summed E-state index contributed by atoms with van der Waals surface area (Å²) in [6, 6.07) is 79.6. The van der Waals surface area contributed by atoms with Crippen LogP contribution in [0.25, 0.3) is 131 Å². The van der Waals surface area contributed by atoms with E-state index in [4.69, 9.17) is 6.57 Å². The van der Waals surface area contributed by atoms with E-state index >= 15 is 0 Å². The number of para-hydroxylation sites is 1. The molecule has 0 bridgehead atoms. The van der Waals surface area contributed by atoms with Gasteiger partial charge in [-0.05, 0) is 135 Å². The summed E-state index contributed by atoms with van der Waals surface area (Å²) in [6.45, 7) is 8.00. The Morgan fingerprint density at radius 3 is 1.52 bits per heavy atom. The van der Waals surface area contributed by atoms with Gasteiger partial charge in [0.15, 0.2) is 5.69 Å². The minimum Gasteiger partial charge on any atom is -0.309 e. The quantitative estimate of drug-likeness (QED) is 0.0932. The first-order chi connectivity index (χ1) is 31.2. The lowest BCUT2D eigenvalue weighted by Crippen LogP contribution is -1.93. The van der Waals surface area contributed by atoms with Crippen LogP contribution in [0.1, 0.15) is 0 Å². The number of hydrogen-bond donors (Lipinski definition) is 0.